The van der Waals surface area contributed by atoms with E-state index in [2.05, 4.69) is 13.8 Å². The molecule has 0 radical (unpaired) electrons. The molecule has 4 rings (SSSR count). The quantitative estimate of drug-likeness (QED) is 0.337. The molecule has 190 valence electrons. The highest BCUT2D eigenvalue weighted by atomic mass is 16.5. The molecule has 1 aliphatic rings. The van der Waals surface area contributed by atoms with Crippen molar-refractivity contribution >= 4 is 5.97 Å². The lowest BCUT2D eigenvalue weighted by atomic mass is 9.86. The number of carbonyl (C=O) groups is 1. The molecule has 0 amide bonds. The minimum atomic E-state index is -0.983. The Morgan fingerprint density at radius 2 is 1.58 bits per heavy atom. The number of carboxylic acid groups (broad SMARTS) is 1. The van der Waals surface area contributed by atoms with Crippen LogP contribution in [0.5, 0.6) is 11.5 Å². The second-order valence-electron chi connectivity index (χ2n) is 9.52. The molecule has 36 heavy (non-hydrogen) atoms. The van der Waals surface area contributed by atoms with E-state index in [0.717, 1.165) is 33.8 Å². The van der Waals surface area contributed by atoms with E-state index < -0.39 is 5.97 Å². The average molecular weight is 491 g/mol. The molecule has 6 heteroatoms. The second-order valence-corrected chi connectivity index (χ2v) is 9.52. The summed E-state index contributed by atoms with van der Waals surface area (Å²) in [5.41, 5.74) is 4.15. The highest BCUT2D eigenvalue weighted by Gasteiger charge is 2.32. The van der Waals surface area contributed by atoms with E-state index in [1.165, 1.54) is 0 Å². The lowest BCUT2D eigenvalue weighted by Gasteiger charge is -2.33. The van der Waals surface area contributed by atoms with Crippen LogP contribution < -0.4 is 9.47 Å². The molecule has 6 nitrogen and oxygen atoms in total. The van der Waals surface area contributed by atoms with Crippen LogP contribution in [0.4, 0.5) is 0 Å². The summed E-state index contributed by atoms with van der Waals surface area (Å²) in [7, 11) is 0. The average Bonchev–Trinajstić information content (AvgIpc) is 2.89. The zero-order valence-corrected chi connectivity index (χ0v) is 20.9. The van der Waals surface area contributed by atoms with Gasteiger partial charge < -0.3 is 24.1 Å². The second kappa shape index (κ2) is 12.6. The Bertz CT molecular complexity index is 1110. The monoisotopic (exact) mass is 490 g/mol. The van der Waals surface area contributed by atoms with Gasteiger partial charge in [0.25, 0.3) is 0 Å². The third kappa shape index (κ3) is 7.33. The van der Waals surface area contributed by atoms with Crippen LogP contribution >= 0.6 is 0 Å². The Balaban J connectivity index is 1.63. The number of ether oxygens (including phenoxy) is 4. The number of carboxylic acids is 1. The Kier molecular flexibility index (Phi) is 8.98. The van der Waals surface area contributed by atoms with Crippen molar-refractivity contribution < 1.29 is 28.8 Å². The smallest absolute Gasteiger partial charge is 0.329 e. The fourth-order valence-electron chi connectivity index (χ4n) is 4.28. The van der Waals surface area contributed by atoms with E-state index in [4.69, 9.17) is 24.1 Å². The molecule has 0 heterocycles. The zero-order valence-electron chi connectivity index (χ0n) is 20.9. The summed E-state index contributed by atoms with van der Waals surface area (Å²) in [6.07, 6.45) is 0.542. The maximum atomic E-state index is 11.2. The van der Waals surface area contributed by atoms with E-state index in [0.29, 0.717) is 38.6 Å². The van der Waals surface area contributed by atoms with Crippen LogP contribution in [0.25, 0.3) is 0 Å². The number of hydrogen-bond acceptors (Lipinski definition) is 5. The van der Waals surface area contributed by atoms with Crippen molar-refractivity contribution in [2.75, 3.05) is 13.2 Å². The normalized spacial score (nSPS) is 17.0. The van der Waals surface area contributed by atoms with E-state index in [1.807, 2.05) is 72.8 Å². The highest BCUT2D eigenvalue weighted by Crippen LogP contribution is 2.42. The molecule has 0 fully saturated rings. The molecule has 3 aromatic rings. The van der Waals surface area contributed by atoms with Gasteiger partial charge in [-0.05, 0) is 28.7 Å². The van der Waals surface area contributed by atoms with Crippen LogP contribution in [0.15, 0.2) is 72.8 Å². The molecule has 1 N–H and O–H groups in total. The summed E-state index contributed by atoms with van der Waals surface area (Å²) in [5.74, 6) is 0.821. The molecular formula is C30H34O6. The minimum absolute atomic E-state index is 0.283. The molecule has 0 aliphatic heterocycles. The van der Waals surface area contributed by atoms with Crippen LogP contribution in [0, 0.1) is 5.92 Å². The van der Waals surface area contributed by atoms with Crippen molar-refractivity contribution in [2.45, 2.75) is 52.1 Å². The number of benzene rings is 3. The highest BCUT2D eigenvalue weighted by molar-refractivity contribution is 5.68. The molecule has 2 atom stereocenters. The van der Waals surface area contributed by atoms with Crippen molar-refractivity contribution in [3.8, 4) is 11.5 Å². The van der Waals surface area contributed by atoms with Crippen molar-refractivity contribution in [2.24, 2.45) is 5.92 Å². The number of hydrogen-bond donors (Lipinski definition) is 1. The summed E-state index contributed by atoms with van der Waals surface area (Å²) in [6.45, 7) is 5.31. The topological polar surface area (TPSA) is 74.2 Å². The third-order valence-electron chi connectivity index (χ3n) is 6.03. The van der Waals surface area contributed by atoms with Gasteiger partial charge in [0.2, 0.25) is 0 Å². The van der Waals surface area contributed by atoms with Gasteiger partial charge in [-0.15, -0.1) is 0 Å². The predicted octanol–water partition coefficient (Wildman–Crippen LogP) is 5.97. The first-order chi connectivity index (χ1) is 17.5. The fourth-order valence-corrected chi connectivity index (χ4v) is 4.28. The molecule has 0 aromatic heterocycles. The largest absolute Gasteiger partial charge is 0.493 e. The molecule has 0 bridgehead atoms. The van der Waals surface area contributed by atoms with Crippen LogP contribution in [-0.4, -0.2) is 30.4 Å². The number of rotatable bonds is 12. The molecule has 0 saturated heterocycles. The lowest BCUT2D eigenvalue weighted by Crippen LogP contribution is -2.29. The number of fused-ring (bicyclic) bond motifs is 1. The van der Waals surface area contributed by atoms with Gasteiger partial charge in [0, 0.05) is 24.5 Å². The Morgan fingerprint density at radius 3 is 2.22 bits per heavy atom. The SMILES string of the molecule is CC(C)COc1cc(OCc2ccccc2)cc2c1C[C@@H](OCC(=O)O)C[C@@H]2OCc1ccccc1. The van der Waals surface area contributed by atoms with Gasteiger partial charge in [-0.2, -0.15) is 0 Å². The van der Waals surface area contributed by atoms with Gasteiger partial charge in [-0.25, -0.2) is 4.79 Å². The maximum absolute atomic E-state index is 11.2. The zero-order chi connectivity index (χ0) is 25.3. The molecule has 0 saturated carbocycles. The first-order valence-corrected chi connectivity index (χ1v) is 12.4. The van der Waals surface area contributed by atoms with E-state index in [-0.39, 0.29) is 18.8 Å². The molecule has 3 aromatic carbocycles. The van der Waals surface area contributed by atoms with Crippen molar-refractivity contribution in [3.05, 3.63) is 95.1 Å². The van der Waals surface area contributed by atoms with Gasteiger partial charge in [-0.1, -0.05) is 74.5 Å². The summed E-state index contributed by atoms with van der Waals surface area (Å²) in [6, 6.07) is 24.0. The summed E-state index contributed by atoms with van der Waals surface area (Å²) >= 11 is 0. The molecule has 0 unspecified atom stereocenters. The van der Waals surface area contributed by atoms with Gasteiger partial charge in [0.1, 0.15) is 24.7 Å². The first-order valence-electron chi connectivity index (χ1n) is 12.4. The molecular weight excluding hydrogens is 456 g/mol. The first kappa shape index (κ1) is 25.7. The lowest BCUT2D eigenvalue weighted by molar-refractivity contribution is -0.145. The standard InChI is InChI=1S/C30H34O6/c1-21(2)17-35-28-15-24(33-18-22-9-5-3-6-10-22)13-27-26(28)14-25(34-20-30(31)32)16-29(27)36-19-23-11-7-4-8-12-23/h3-13,15,21,25,29H,14,16-20H2,1-2H3,(H,31,32)/t25-,29+/m1/s1. The van der Waals surface area contributed by atoms with E-state index in [1.54, 1.807) is 0 Å². The summed E-state index contributed by atoms with van der Waals surface area (Å²) < 4.78 is 24.5. The summed E-state index contributed by atoms with van der Waals surface area (Å²) in [4.78, 5) is 11.2. The Labute approximate surface area is 212 Å². The number of aliphatic carboxylic acids is 1. The minimum Gasteiger partial charge on any atom is -0.493 e. The Hall–Kier alpha value is -3.35. The van der Waals surface area contributed by atoms with Gasteiger partial charge in [0.05, 0.1) is 25.4 Å². The Morgan fingerprint density at radius 1 is 0.917 bits per heavy atom. The van der Waals surface area contributed by atoms with Gasteiger partial charge in [0.15, 0.2) is 0 Å². The fraction of sp³-hybridized carbons (Fsp3) is 0.367. The van der Waals surface area contributed by atoms with Crippen molar-refractivity contribution in [3.63, 3.8) is 0 Å². The van der Waals surface area contributed by atoms with Crippen LogP contribution in [0.2, 0.25) is 0 Å². The van der Waals surface area contributed by atoms with Gasteiger partial charge in [-0.3, -0.25) is 0 Å². The molecule has 1 aliphatic carbocycles. The van der Waals surface area contributed by atoms with Crippen LogP contribution in [-0.2, 0) is 33.9 Å². The van der Waals surface area contributed by atoms with Gasteiger partial charge >= 0.3 is 5.97 Å². The third-order valence-corrected chi connectivity index (χ3v) is 6.03. The van der Waals surface area contributed by atoms with Crippen molar-refractivity contribution in [1.82, 2.24) is 0 Å². The maximum Gasteiger partial charge on any atom is 0.329 e. The van der Waals surface area contributed by atoms with E-state index >= 15 is 0 Å². The van der Waals surface area contributed by atoms with Crippen molar-refractivity contribution in [1.29, 1.82) is 0 Å². The summed E-state index contributed by atoms with van der Waals surface area (Å²) in [5, 5.41) is 9.15. The van der Waals surface area contributed by atoms with E-state index in [9.17, 15) is 4.79 Å². The van der Waals surface area contributed by atoms with Crippen LogP contribution in [0.1, 0.15) is 48.6 Å². The predicted molar refractivity (Wildman–Crippen MR) is 137 cm³/mol. The molecule has 0 spiro atoms. The van der Waals surface area contributed by atoms with Crippen LogP contribution in [0.3, 0.4) is 0 Å².